The fourth-order valence-electron chi connectivity index (χ4n) is 2.49. The van der Waals surface area contributed by atoms with Crippen molar-refractivity contribution in [2.75, 3.05) is 11.9 Å². The van der Waals surface area contributed by atoms with Gasteiger partial charge in [-0.05, 0) is 37.8 Å². The summed E-state index contributed by atoms with van der Waals surface area (Å²) in [6, 6.07) is 1.69. The number of hydrogen-bond acceptors (Lipinski definition) is 7. The maximum Gasteiger partial charge on any atom is 0.341 e. The first-order valence-corrected chi connectivity index (χ1v) is 9.61. The molecule has 1 amide bonds. The minimum absolute atomic E-state index is 0.185. The summed E-state index contributed by atoms with van der Waals surface area (Å²) in [5.74, 6) is -0.876. The normalized spacial score (nSPS) is 10.9. The number of thiophene rings is 2. The largest absolute Gasteiger partial charge is 0.462 e. The second kappa shape index (κ2) is 7.38. The smallest absolute Gasteiger partial charge is 0.341 e. The van der Waals surface area contributed by atoms with Gasteiger partial charge in [-0.15, -0.1) is 22.7 Å². The average molecular weight is 391 g/mol. The van der Waals surface area contributed by atoms with Crippen molar-refractivity contribution < 1.29 is 14.3 Å². The van der Waals surface area contributed by atoms with E-state index in [0.717, 1.165) is 10.4 Å². The Hall–Kier alpha value is -2.52. The van der Waals surface area contributed by atoms with E-state index in [-0.39, 0.29) is 18.7 Å². The Bertz CT molecular complexity index is 1050. The van der Waals surface area contributed by atoms with E-state index in [9.17, 15) is 14.4 Å². The molecule has 3 aromatic rings. The fraction of sp³-hybridized carbons (Fsp3) is 0.294. The van der Waals surface area contributed by atoms with Crippen molar-refractivity contribution in [3.8, 4) is 0 Å². The molecular weight excluding hydrogens is 374 g/mol. The summed E-state index contributed by atoms with van der Waals surface area (Å²) in [5.41, 5.74) is 0.874. The van der Waals surface area contributed by atoms with Gasteiger partial charge in [0.25, 0.3) is 5.56 Å². The first kappa shape index (κ1) is 18.3. The van der Waals surface area contributed by atoms with E-state index in [1.165, 1.54) is 33.6 Å². The molecule has 7 nitrogen and oxygen atoms in total. The summed E-state index contributed by atoms with van der Waals surface area (Å²) in [7, 11) is 0. The van der Waals surface area contributed by atoms with E-state index in [1.54, 1.807) is 18.4 Å². The highest BCUT2D eigenvalue weighted by Crippen LogP contribution is 2.33. The summed E-state index contributed by atoms with van der Waals surface area (Å²) in [6.07, 6.45) is 1.36. The maximum absolute atomic E-state index is 12.4. The van der Waals surface area contributed by atoms with Crippen molar-refractivity contribution in [1.82, 2.24) is 9.55 Å². The summed E-state index contributed by atoms with van der Waals surface area (Å²) >= 11 is 2.68. The van der Waals surface area contributed by atoms with Crippen LogP contribution in [-0.4, -0.2) is 28.0 Å². The summed E-state index contributed by atoms with van der Waals surface area (Å²) < 4.78 is 6.33. The van der Waals surface area contributed by atoms with Crippen LogP contribution in [-0.2, 0) is 16.1 Å². The number of carbonyl (C=O) groups is 2. The molecule has 9 heteroatoms. The number of nitrogens with one attached hydrogen (secondary N) is 1. The van der Waals surface area contributed by atoms with Gasteiger partial charge >= 0.3 is 5.97 Å². The topological polar surface area (TPSA) is 90.3 Å². The molecule has 0 saturated heterocycles. The second-order valence-corrected chi connectivity index (χ2v) is 7.69. The first-order valence-electron chi connectivity index (χ1n) is 7.92. The molecule has 136 valence electrons. The van der Waals surface area contributed by atoms with E-state index in [4.69, 9.17) is 4.74 Å². The Balaban J connectivity index is 1.84. The van der Waals surface area contributed by atoms with Crippen LogP contribution in [0.3, 0.4) is 0 Å². The zero-order chi connectivity index (χ0) is 18.8. The molecule has 3 rings (SSSR count). The van der Waals surface area contributed by atoms with E-state index in [0.29, 0.717) is 20.8 Å². The number of carbonyl (C=O) groups excluding carboxylic acids is 2. The Morgan fingerprint density at radius 2 is 2.12 bits per heavy atom. The van der Waals surface area contributed by atoms with Gasteiger partial charge in [0.2, 0.25) is 5.91 Å². The molecule has 0 aliphatic rings. The van der Waals surface area contributed by atoms with Crippen molar-refractivity contribution in [1.29, 1.82) is 0 Å². The summed E-state index contributed by atoms with van der Waals surface area (Å²) in [6.45, 7) is 5.48. The number of fused-ring (bicyclic) bond motifs is 1. The minimum atomic E-state index is -0.469. The van der Waals surface area contributed by atoms with Crippen LogP contribution < -0.4 is 10.9 Å². The number of ether oxygens (including phenoxy) is 1. The number of nitrogens with zero attached hydrogens (tertiary/aromatic N) is 2. The van der Waals surface area contributed by atoms with Crippen molar-refractivity contribution >= 4 is 49.8 Å². The van der Waals surface area contributed by atoms with Gasteiger partial charge < -0.3 is 10.1 Å². The lowest BCUT2D eigenvalue weighted by Gasteiger charge is -2.08. The predicted molar refractivity (Wildman–Crippen MR) is 102 cm³/mol. The van der Waals surface area contributed by atoms with Crippen LogP contribution in [0.5, 0.6) is 0 Å². The zero-order valence-corrected chi connectivity index (χ0v) is 16.1. The van der Waals surface area contributed by atoms with Crippen LogP contribution >= 0.6 is 22.7 Å². The van der Waals surface area contributed by atoms with Crippen LogP contribution in [0.25, 0.3) is 10.2 Å². The van der Waals surface area contributed by atoms with Gasteiger partial charge in [0, 0.05) is 4.88 Å². The van der Waals surface area contributed by atoms with Gasteiger partial charge in [0.1, 0.15) is 16.4 Å². The number of anilines is 1. The molecule has 26 heavy (non-hydrogen) atoms. The molecule has 1 N–H and O–H groups in total. The standard InChI is InChI=1S/C17H17N3O4S2/c1-4-24-17(23)13-9(2)10(3)26-15(13)19-12(21)7-20-8-18-14-11(16(20)22)5-6-25-14/h5-6,8H,4,7H2,1-3H3,(H,19,21). The molecule has 3 heterocycles. The maximum atomic E-state index is 12.4. The molecule has 0 saturated carbocycles. The molecule has 0 aliphatic heterocycles. The minimum Gasteiger partial charge on any atom is -0.462 e. The lowest BCUT2D eigenvalue weighted by atomic mass is 10.1. The highest BCUT2D eigenvalue weighted by Gasteiger charge is 2.22. The predicted octanol–water partition coefficient (Wildman–Crippen LogP) is 2.95. The number of hydrogen-bond donors (Lipinski definition) is 1. The lowest BCUT2D eigenvalue weighted by molar-refractivity contribution is -0.116. The van der Waals surface area contributed by atoms with E-state index in [1.807, 2.05) is 13.8 Å². The fourth-order valence-corrected chi connectivity index (χ4v) is 4.28. The van der Waals surface area contributed by atoms with Crippen LogP contribution in [0.15, 0.2) is 22.6 Å². The van der Waals surface area contributed by atoms with Crippen LogP contribution in [0.2, 0.25) is 0 Å². The quantitative estimate of drug-likeness (QED) is 0.676. The summed E-state index contributed by atoms with van der Waals surface area (Å²) in [4.78, 5) is 42.7. The Kier molecular flexibility index (Phi) is 5.19. The summed E-state index contributed by atoms with van der Waals surface area (Å²) in [5, 5.41) is 5.42. The second-order valence-electron chi connectivity index (χ2n) is 5.57. The number of aryl methyl sites for hydroxylation is 1. The number of rotatable bonds is 5. The Labute approximate surface area is 157 Å². The number of esters is 1. The molecule has 0 aromatic carbocycles. The van der Waals surface area contributed by atoms with Gasteiger partial charge in [-0.1, -0.05) is 0 Å². The number of amides is 1. The third-order valence-electron chi connectivity index (χ3n) is 3.88. The highest BCUT2D eigenvalue weighted by atomic mass is 32.1. The highest BCUT2D eigenvalue weighted by molar-refractivity contribution is 7.17. The molecule has 0 radical (unpaired) electrons. The van der Waals surface area contributed by atoms with Gasteiger partial charge in [-0.2, -0.15) is 0 Å². The molecule has 0 atom stereocenters. The van der Waals surface area contributed by atoms with Gasteiger partial charge in [-0.25, -0.2) is 9.78 Å². The Morgan fingerprint density at radius 3 is 2.85 bits per heavy atom. The van der Waals surface area contributed by atoms with Gasteiger partial charge in [0.15, 0.2) is 0 Å². The van der Waals surface area contributed by atoms with E-state index in [2.05, 4.69) is 10.3 Å². The zero-order valence-electron chi connectivity index (χ0n) is 14.5. The van der Waals surface area contributed by atoms with Crippen molar-refractivity contribution in [2.24, 2.45) is 0 Å². The SMILES string of the molecule is CCOC(=O)c1c(NC(=O)Cn2cnc3sccc3c2=O)sc(C)c1C. The average Bonchev–Trinajstić information content (AvgIpc) is 3.16. The molecule has 0 spiro atoms. The molecule has 3 aromatic heterocycles. The van der Waals surface area contributed by atoms with Gasteiger partial charge in [0.05, 0.1) is 23.9 Å². The van der Waals surface area contributed by atoms with Crippen LogP contribution in [0.1, 0.15) is 27.7 Å². The Morgan fingerprint density at radius 1 is 1.35 bits per heavy atom. The first-order chi connectivity index (χ1) is 12.4. The van der Waals surface area contributed by atoms with E-state index >= 15 is 0 Å². The third kappa shape index (κ3) is 3.40. The molecule has 0 fully saturated rings. The van der Waals surface area contributed by atoms with Crippen LogP contribution in [0, 0.1) is 13.8 Å². The lowest BCUT2D eigenvalue weighted by Crippen LogP contribution is -2.27. The van der Waals surface area contributed by atoms with Crippen LogP contribution in [0.4, 0.5) is 5.00 Å². The van der Waals surface area contributed by atoms with Crippen molar-refractivity contribution in [2.45, 2.75) is 27.3 Å². The molecule has 0 aliphatic carbocycles. The third-order valence-corrected chi connectivity index (χ3v) is 5.83. The monoisotopic (exact) mass is 391 g/mol. The van der Waals surface area contributed by atoms with E-state index < -0.39 is 11.9 Å². The molecule has 0 unspecified atom stereocenters. The number of aromatic nitrogens is 2. The van der Waals surface area contributed by atoms with Crippen molar-refractivity contribution in [3.63, 3.8) is 0 Å². The molecule has 0 bridgehead atoms. The van der Waals surface area contributed by atoms with Crippen molar-refractivity contribution in [3.05, 3.63) is 44.1 Å². The molecular formula is C17H17N3O4S2. The van der Waals surface area contributed by atoms with Gasteiger partial charge in [-0.3, -0.25) is 14.2 Å².